The molecule has 9 heteroatoms. The average Bonchev–Trinajstić information content (AvgIpc) is 3.30. The Hall–Kier alpha value is -1.97. The first-order valence-electron chi connectivity index (χ1n) is 9.71. The van der Waals surface area contributed by atoms with E-state index in [0.29, 0.717) is 36.2 Å². The van der Waals surface area contributed by atoms with Gasteiger partial charge in [0.1, 0.15) is 0 Å². The predicted octanol–water partition coefficient (Wildman–Crippen LogP) is 2.59. The van der Waals surface area contributed by atoms with E-state index >= 15 is 0 Å². The molecule has 0 unspecified atom stereocenters. The van der Waals surface area contributed by atoms with E-state index < -0.39 is 10.0 Å². The highest BCUT2D eigenvalue weighted by Gasteiger charge is 2.29. The standard InChI is InChI=1S/C20H23BrN4O3S/c21-19-4-3-17(29(27,28)25-9-1-2-10-25)15-18(19)20(26)24-13-11-23(12-14-24)16-5-7-22-8-6-16/h3-8,15H,1-2,9-14H2. The number of rotatable bonds is 4. The van der Waals surface area contributed by atoms with Crippen molar-refractivity contribution in [2.45, 2.75) is 17.7 Å². The van der Waals surface area contributed by atoms with Crippen LogP contribution >= 0.6 is 15.9 Å². The third-order valence-electron chi connectivity index (χ3n) is 5.47. The van der Waals surface area contributed by atoms with Crippen LogP contribution in [0.15, 0.2) is 52.1 Å². The quantitative estimate of drug-likeness (QED) is 0.674. The fourth-order valence-electron chi connectivity index (χ4n) is 3.80. The molecule has 0 atom stereocenters. The van der Waals surface area contributed by atoms with Crippen LogP contribution in [0.25, 0.3) is 0 Å². The van der Waals surface area contributed by atoms with Gasteiger partial charge in [-0.2, -0.15) is 4.31 Å². The lowest BCUT2D eigenvalue weighted by Crippen LogP contribution is -2.48. The number of sulfonamides is 1. The number of anilines is 1. The minimum Gasteiger partial charge on any atom is -0.368 e. The summed E-state index contributed by atoms with van der Waals surface area (Å²) in [5.41, 5.74) is 1.48. The third kappa shape index (κ3) is 4.17. The Morgan fingerprint density at radius 2 is 1.59 bits per heavy atom. The van der Waals surface area contributed by atoms with Gasteiger partial charge in [-0.05, 0) is 59.1 Å². The van der Waals surface area contributed by atoms with Crippen molar-refractivity contribution in [1.82, 2.24) is 14.2 Å². The number of pyridine rings is 1. The third-order valence-corrected chi connectivity index (χ3v) is 8.05. The zero-order valence-electron chi connectivity index (χ0n) is 16.0. The monoisotopic (exact) mass is 478 g/mol. The maximum atomic E-state index is 13.1. The van der Waals surface area contributed by atoms with Crippen molar-refractivity contribution < 1.29 is 13.2 Å². The molecule has 1 aromatic heterocycles. The minimum absolute atomic E-state index is 0.148. The van der Waals surface area contributed by atoms with E-state index in [-0.39, 0.29) is 10.8 Å². The van der Waals surface area contributed by atoms with Crippen LogP contribution in [0.4, 0.5) is 5.69 Å². The normalized spacial score (nSPS) is 18.2. The van der Waals surface area contributed by atoms with E-state index in [1.807, 2.05) is 12.1 Å². The predicted molar refractivity (Wildman–Crippen MR) is 114 cm³/mol. The zero-order valence-corrected chi connectivity index (χ0v) is 18.4. The number of piperazine rings is 1. The first-order valence-corrected chi connectivity index (χ1v) is 11.9. The van der Waals surface area contributed by atoms with Gasteiger partial charge in [-0.25, -0.2) is 8.42 Å². The highest BCUT2D eigenvalue weighted by Crippen LogP contribution is 2.27. The highest BCUT2D eigenvalue weighted by molar-refractivity contribution is 9.10. The van der Waals surface area contributed by atoms with Gasteiger partial charge in [-0.1, -0.05) is 0 Å². The van der Waals surface area contributed by atoms with Crippen molar-refractivity contribution in [3.8, 4) is 0 Å². The Balaban J connectivity index is 1.50. The molecule has 7 nitrogen and oxygen atoms in total. The minimum atomic E-state index is -3.56. The summed E-state index contributed by atoms with van der Waals surface area (Å²) in [5.74, 6) is -0.148. The molecule has 3 heterocycles. The summed E-state index contributed by atoms with van der Waals surface area (Å²) in [4.78, 5) is 21.3. The first-order chi connectivity index (χ1) is 14.0. The lowest BCUT2D eigenvalue weighted by Gasteiger charge is -2.36. The average molecular weight is 479 g/mol. The van der Waals surface area contributed by atoms with Crippen LogP contribution in [0.5, 0.6) is 0 Å². The molecule has 29 heavy (non-hydrogen) atoms. The van der Waals surface area contributed by atoms with Gasteiger partial charge in [0.15, 0.2) is 0 Å². The van der Waals surface area contributed by atoms with Gasteiger partial charge in [0.05, 0.1) is 10.5 Å². The number of halogens is 1. The van der Waals surface area contributed by atoms with Crippen molar-refractivity contribution >= 4 is 37.5 Å². The Labute approximate surface area is 179 Å². The summed E-state index contributed by atoms with van der Waals surface area (Å²) in [6.07, 6.45) is 5.28. The highest BCUT2D eigenvalue weighted by atomic mass is 79.9. The fraction of sp³-hybridized carbons (Fsp3) is 0.400. The number of benzene rings is 1. The Kier molecular flexibility index (Phi) is 5.89. The molecular weight excluding hydrogens is 456 g/mol. The van der Waals surface area contributed by atoms with Gasteiger partial charge < -0.3 is 9.80 Å². The maximum absolute atomic E-state index is 13.1. The Bertz CT molecular complexity index is 986. The van der Waals surface area contributed by atoms with Crippen LogP contribution in [-0.4, -0.2) is 67.8 Å². The number of carbonyl (C=O) groups is 1. The molecule has 0 spiro atoms. The molecular formula is C20H23BrN4O3S. The Morgan fingerprint density at radius 1 is 0.931 bits per heavy atom. The van der Waals surface area contributed by atoms with Gasteiger partial charge in [0.2, 0.25) is 10.0 Å². The largest absolute Gasteiger partial charge is 0.368 e. The van der Waals surface area contributed by atoms with E-state index in [2.05, 4.69) is 25.8 Å². The number of nitrogens with zero attached hydrogens (tertiary/aromatic N) is 4. The van der Waals surface area contributed by atoms with E-state index in [4.69, 9.17) is 0 Å². The summed E-state index contributed by atoms with van der Waals surface area (Å²) in [5, 5.41) is 0. The number of hydrogen-bond donors (Lipinski definition) is 0. The van der Waals surface area contributed by atoms with E-state index in [1.165, 1.54) is 10.4 Å². The molecule has 2 saturated heterocycles. The molecule has 1 amide bonds. The van der Waals surface area contributed by atoms with Crippen LogP contribution in [0.3, 0.4) is 0 Å². The van der Waals surface area contributed by atoms with E-state index in [9.17, 15) is 13.2 Å². The molecule has 2 aromatic rings. The SMILES string of the molecule is O=C(c1cc(S(=O)(=O)N2CCCC2)ccc1Br)N1CCN(c2ccncc2)CC1. The lowest BCUT2D eigenvalue weighted by atomic mass is 10.1. The van der Waals surface area contributed by atoms with Crippen LogP contribution < -0.4 is 4.90 Å². The number of hydrogen-bond acceptors (Lipinski definition) is 5. The first kappa shape index (κ1) is 20.3. The fourth-order valence-corrected chi connectivity index (χ4v) is 5.76. The molecule has 0 radical (unpaired) electrons. The number of carbonyl (C=O) groups excluding carboxylic acids is 1. The smallest absolute Gasteiger partial charge is 0.255 e. The van der Waals surface area contributed by atoms with Crippen LogP contribution in [-0.2, 0) is 10.0 Å². The molecule has 0 saturated carbocycles. The van der Waals surface area contributed by atoms with Crippen molar-refractivity contribution in [3.05, 3.63) is 52.8 Å². The van der Waals surface area contributed by atoms with Crippen molar-refractivity contribution in [2.75, 3.05) is 44.2 Å². The van der Waals surface area contributed by atoms with Gasteiger partial charge >= 0.3 is 0 Å². The van der Waals surface area contributed by atoms with E-state index in [0.717, 1.165) is 31.6 Å². The number of aromatic nitrogens is 1. The van der Waals surface area contributed by atoms with Crippen molar-refractivity contribution in [3.63, 3.8) is 0 Å². The molecule has 0 bridgehead atoms. The summed E-state index contributed by atoms with van der Waals surface area (Å²) in [7, 11) is -3.56. The van der Waals surface area contributed by atoms with Crippen LogP contribution in [0.1, 0.15) is 23.2 Å². The molecule has 1 aromatic carbocycles. The molecule has 154 valence electrons. The summed E-state index contributed by atoms with van der Waals surface area (Å²) < 4.78 is 27.8. The van der Waals surface area contributed by atoms with Gasteiger partial charge in [-0.3, -0.25) is 9.78 Å². The van der Waals surface area contributed by atoms with Crippen LogP contribution in [0.2, 0.25) is 0 Å². The second-order valence-corrected chi connectivity index (χ2v) is 10.0. The second-order valence-electron chi connectivity index (χ2n) is 7.24. The van der Waals surface area contributed by atoms with Crippen LogP contribution in [0, 0.1) is 0 Å². The maximum Gasteiger partial charge on any atom is 0.255 e. The molecule has 2 aliphatic heterocycles. The molecule has 2 fully saturated rings. The summed E-state index contributed by atoms with van der Waals surface area (Å²) >= 11 is 3.42. The molecule has 0 aliphatic carbocycles. The van der Waals surface area contributed by atoms with Gasteiger partial charge in [0, 0.05) is 61.8 Å². The van der Waals surface area contributed by atoms with Crippen molar-refractivity contribution in [1.29, 1.82) is 0 Å². The van der Waals surface area contributed by atoms with E-state index in [1.54, 1.807) is 29.4 Å². The molecule has 2 aliphatic rings. The van der Waals surface area contributed by atoms with Gasteiger partial charge in [0.25, 0.3) is 5.91 Å². The van der Waals surface area contributed by atoms with Gasteiger partial charge in [-0.15, -0.1) is 0 Å². The second kappa shape index (κ2) is 8.41. The zero-order chi connectivity index (χ0) is 20.4. The molecule has 4 rings (SSSR count). The number of amides is 1. The lowest BCUT2D eigenvalue weighted by molar-refractivity contribution is 0.0745. The topological polar surface area (TPSA) is 73.8 Å². The Morgan fingerprint density at radius 3 is 2.24 bits per heavy atom. The summed E-state index contributed by atoms with van der Waals surface area (Å²) in [6.45, 7) is 3.68. The summed E-state index contributed by atoms with van der Waals surface area (Å²) in [6, 6.07) is 8.65. The molecule has 0 N–H and O–H groups in total. The van der Waals surface area contributed by atoms with Crippen molar-refractivity contribution in [2.24, 2.45) is 0 Å².